The van der Waals surface area contributed by atoms with Gasteiger partial charge in [-0.3, -0.25) is 14.5 Å². The molecule has 0 radical (unpaired) electrons. The van der Waals surface area contributed by atoms with E-state index in [-0.39, 0.29) is 18.4 Å². The maximum Gasteiger partial charge on any atom is 0.264 e. The highest BCUT2D eigenvalue weighted by atomic mass is 79.9. The highest BCUT2D eigenvalue weighted by molar-refractivity contribution is 9.11. The minimum absolute atomic E-state index is 0.00260. The highest BCUT2D eigenvalue weighted by Gasteiger charge is 2.24. The predicted molar refractivity (Wildman–Crippen MR) is 118 cm³/mol. The van der Waals surface area contributed by atoms with Crippen molar-refractivity contribution in [1.29, 1.82) is 0 Å². The van der Waals surface area contributed by atoms with Crippen LogP contribution in [0.1, 0.15) is 22.2 Å². The number of nitrogens with zero attached hydrogens (tertiary/aromatic N) is 3. The van der Waals surface area contributed by atoms with Gasteiger partial charge in [-0.2, -0.15) is 0 Å². The normalized spacial score (nSPS) is 14.7. The molecule has 0 spiro atoms. The van der Waals surface area contributed by atoms with Crippen molar-refractivity contribution in [2.75, 3.05) is 46.4 Å². The Bertz CT molecular complexity index is 832. The Morgan fingerprint density at radius 2 is 1.79 bits per heavy atom. The zero-order valence-electron chi connectivity index (χ0n) is 16.8. The second-order valence-electron chi connectivity index (χ2n) is 7.00. The lowest BCUT2D eigenvalue weighted by molar-refractivity contribution is -0.133. The summed E-state index contributed by atoms with van der Waals surface area (Å²) in [5.41, 5.74) is 1.24. The molecule has 2 heterocycles. The minimum atomic E-state index is -0.122. The van der Waals surface area contributed by atoms with Crippen LogP contribution < -0.4 is 4.74 Å². The fourth-order valence-corrected chi connectivity index (χ4v) is 4.64. The summed E-state index contributed by atoms with van der Waals surface area (Å²) in [6.45, 7) is 6.63. The molecule has 0 saturated carbocycles. The number of rotatable bonds is 7. The third-order valence-electron chi connectivity index (χ3n) is 4.87. The molecule has 1 fully saturated rings. The van der Waals surface area contributed by atoms with Gasteiger partial charge in [0.1, 0.15) is 5.75 Å². The number of hydrogen-bond acceptors (Lipinski definition) is 5. The number of thiophene rings is 1. The van der Waals surface area contributed by atoms with Crippen LogP contribution >= 0.6 is 27.3 Å². The summed E-state index contributed by atoms with van der Waals surface area (Å²) < 4.78 is 6.39. The Hall–Kier alpha value is -1.90. The SMILES string of the molecule is CCOc1ccc(CN2CCN(C(=O)CN(C)C(=O)c3ccc(Br)s3)CC2)cc1. The van der Waals surface area contributed by atoms with E-state index in [2.05, 4.69) is 33.0 Å². The Kier molecular flexibility index (Phi) is 7.69. The van der Waals surface area contributed by atoms with Gasteiger partial charge in [-0.1, -0.05) is 12.1 Å². The summed E-state index contributed by atoms with van der Waals surface area (Å²) in [5.74, 6) is 0.764. The van der Waals surface area contributed by atoms with Crippen LogP contribution in [0, 0.1) is 0 Å². The van der Waals surface area contributed by atoms with E-state index < -0.39 is 0 Å². The lowest BCUT2D eigenvalue weighted by atomic mass is 10.2. The van der Waals surface area contributed by atoms with Gasteiger partial charge in [0.05, 0.1) is 21.8 Å². The number of halogens is 1. The topological polar surface area (TPSA) is 53.1 Å². The molecule has 0 aliphatic carbocycles. The quantitative estimate of drug-likeness (QED) is 0.610. The Balaban J connectivity index is 1.44. The van der Waals surface area contributed by atoms with Gasteiger partial charge in [0.25, 0.3) is 5.91 Å². The van der Waals surface area contributed by atoms with E-state index in [4.69, 9.17) is 4.74 Å². The van der Waals surface area contributed by atoms with Crippen LogP contribution in [0.5, 0.6) is 5.75 Å². The van der Waals surface area contributed by atoms with Gasteiger partial charge in [-0.15, -0.1) is 11.3 Å². The molecule has 3 rings (SSSR count). The minimum Gasteiger partial charge on any atom is -0.494 e. The molecular formula is C21H26BrN3O3S. The van der Waals surface area contributed by atoms with Gasteiger partial charge in [0.15, 0.2) is 0 Å². The zero-order chi connectivity index (χ0) is 20.8. The van der Waals surface area contributed by atoms with Crippen LogP contribution in [0.2, 0.25) is 0 Å². The van der Waals surface area contributed by atoms with E-state index in [0.29, 0.717) is 24.6 Å². The average Bonchev–Trinajstić information content (AvgIpc) is 3.16. The second kappa shape index (κ2) is 10.2. The molecule has 6 nitrogen and oxygen atoms in total. The van der Waals surface area contributed by atoms with Crippen molar-refractivity contribution >= 4 is 39.1 Å². The predicted octanol–water partition coefficient (Wildman–Crippen LogP) is 3.33. The lowest BCUT2D eigenvalue weighted by Crippen LogP contribution is -2.51. The van der Waals surface area contributed by atoms with Crippen LogP contribution in [-0.2, 0) is 11.3 Å². The number of amides is 2. The molecule has 0 atom stereocenters. The first kappa shape index (κ1) is 21.8. The first-order valence-corrected chi connectivity index (χ1v) is 11.3. The van der Waals surface area contributed by atoms with Crippen molar-refractivity contribution in [3.05, 3.63) is 50.6 Å². The molecule has 2 amide bonds. The second-order valence-corrected chi connectivity index (χ2v) is 9.46. The van der Waals surface area contributed by atoms with Crippen molar-refractivity contribution in [3.8, 4) is 5.75 Å². The van der Waals surface area contributed by atoms with Crippen molar-refractivity contribution in [2.24, 2.45) is 0 Å². The maximum absolute atomic E-state index is 12.6. The highest BCUT2D eigenvalue weighted by Crippen LogP contribution is 2.23. The van der Waals surface area contributed by atoms with E-state index in [9.17, 15) is 9.59 Å². The van der Waals surface area contributed by atoms with E-state index in [0.717, 1.165) is 29.2 Å². The third-order valence-corrected chi connectivity index (χ3v) is 6.48. The van der Waals surface area contributed by atoms with Crippen molar-refractivity contribution in [3.63, 3.8) is 0 Å². The third kappa shape index (κ3) is 6.04. The largest absolute Gasteiger partial charge is 0.494 e. The van der Waals surface area contributed by atoms with Gasteiger partial charge in [0, 0.05) is 39.8 Å². The van der Waals surface area contributed by atoms with Gasteiger partial charge >= 0.3 is 0 Å². The Morgan fingerprint density at radius 3 is 2.38 bits per heavy atom. The molecule has 156 valence electrons. The summed E-state index contributed by atoms with van der Waals surface area (Å²) in [5, 5.41) is 0. The molecular weight excluding hydrogens is 454 g/mol. The molecule has 2 aromatic rings. The molecule has 0 N–H and O–H groups in total. The summed E-state index contributed by atoms with van der Waals surface area (Å²) in [7, 11) is 1.68. The molecule has 0 unspecified atom stereocenters. The van der Waals surface area contributed by atoms with E-state index in [1.165, 1.54) is 21.8 Å². The monoisotopic (exact) mass is 479 g/mol. The zero-order valence-corrected chi connectivity index (χ0v) is 19.2. The summed E-state index contributed by atoms with van der Waals surface area (Å²) in [6, 6.07) is 11.8. The van der Waals surface area contributed by atoms with Gasteiger partial charge < -0.3 is 14.5 Å². The van der Waals surface area contributed by atoms with Crippen LogP contribution in [0.4, 0.5) is 0 Å². The Labute approximate surface area is 184 Å². The lowest BCUT2D eigenvalue weighted by Gasteiger charge is -2.35. The molecule has 1 saturated heterocycles. The van der Waals surface area contributed by atoms with E-state index >= 15 is 0 Å². The molecule has 1 aliphatic rings. The van der Waals surface area contributed by atoms with Gasteiger partial charge in [-0.05, 0) is 52.7 Å². The van der Waals surface area contributed by atoms with E-state index in [1.54, 1.807) is 13.1 Å². The van der Waals surface area contributed by atoms with Crippen LogP contribution in [0.3, 0.4) is 0 Å². The van der Waals surface area contributed by atoms with Crippen LogP contribution in [0.15, 0.2) is 40.2 Å². The molecule has 0 bridgehead atoms. The van der Waals surface area contributed by atoms with Gasteiger partial charge in [-0.25, -0.2) is 0 Å². The first-order chi connectivity index (χ1) is 14.0. The summed E-state index contributed by atoms with van der Waals surface area (Å²) in [6.07, 6.45) is 0. The Morgan fingerprint density at radius 1 is 1.10 bits per heavy atom. The summed E-state index contributed by atoms with van der Waals surface area (Å²) in [4.78, 5) is 31.4. The fourth-order valence-electron chi connectivity index (χ4n) is 3.26. The molecule has 1 aliphatic heterocycles. The van der Waals surface area contributed by atoms with Crippen LogP contribution in [-0.4, -0.2) is 72.9 Å². The van der Waals surface area contributed by atoms with Crippen molar-refractivity contribution in [2.45, 2.75) is 13.5 Å². The van der Waals surface area contributed by atoms with Crippen molar-refractivity contribution in [1.82, 2.24) is 14.7 Å². The molecule has 1 aromatic carbocycles. The standard InChI is InChI=1S/C21H26BrN3O3S/c1-3-28-17-6-4-16(5-7-17)14-24-10-12-25(13-11-24)20(26)15-23(2)21(27)18-8-9-19(22)29-18/h4-9H,3,10-15H2,1-2H3. The number of piperazine rings is 1. The first-order valence-electron chi connectivity index (χ1n) is 9.69. The van der Waals surface area contributed by atoms with Gasteiger partial charge in [0.2, 0.25) is 5.91 Å². The smallest absolute Gasteiger partial charge is 0.264 e. The fraction of sp³-hybridized carbons (Fsp3) is 0.429. The number of benzene rings is 1. The number of hydrogen-bond donors (Lipinski definition) is 0. The van der Waals surface area contributed by atoms with Crippen molar-refractivity contribution < 1.29 is 14.3 Å². The number of carbonyl (C=O) groups is 2. The average molecular weight is 480 g/mol. The number of ether oxygens (including phenoxy) is 1. The molecule has 29 heavy (non-hydrogen) atoms. The maximum atomic E-state index is 12.6. The van der Waals surface area contributed by atoms with E-state index in [1.807, 2.05) is 30.0 Å². The number of carbonyl (C=O) groups excluding carboxylic acids is 2. The van der Waals surface area contributed by atoms with Crippen LogP contribution in [0.25, 0.3) is 0 Å². The molecule has 8 heteroatoms. The number of likely N-dealkylation sites (N-methyl/N-ethyl adjacent to an activating group) is 1. The summed E-state index contributed by atoms with van der Waals surface area (Å²) >= 11 is 4.74. The molecule has 1 aromatic heterocycles.